The zero-order chi connectivity index (χ0) is 18.8. The summed E-state index contributed by atoms with van der Waals surface area (Å²) in [5, 5.41) is 1.29. The molecule has 0 N–H and O–H groups in total. The molecule has 0 aliphatic heterocycles. The summed E-state index contributed by atoms with van der Waals surface area (Å²) < 4.78 is 7.66. The average Bonchev–Trinajstić information content (AvgIpc) is 2.90. The number of hydrogen-bond acceptors (Lipinski definition) is 1. The molecule has 0 spiro atoms. The summed E-state index contributed by atoms with van der Waals surface area (Å²) in [6.07, 6.45) is 2.01. The Hall–Kier alpha value is -3.00. The van der Waals surface area contributed by atoms with Crippen molar-refractivity contribution in [2.24, 2.45) is 7.05 Å². The van der Waals surface area contributed by atoms with E-state index >= 15 is 0 Å². The third-order valence-corrected chi connectivity index (χ3v) is 4.74. The molecule has 2 nitrogen and oxygen atoms in total. The van der Waals surface area contributed by atoms with E-state index in [2.05, 4.69) is 80.2 Å². The number of ether oxygens (including phenoxy) is 1. The number of aryl methyl sites for hydroxylation is 2. The van der Waals surface area contributed by atoms with Crippen LogP contribution in [0.4, 0.5) is 0 Å². The van der Waals surface area contributed by atoms with Crippen molar-refractivity contribution in [1.29, 1.82) is 0 Å². The van der Waals surface area contributed by atoms with E-state index in [-0.39, 0.29) is 0 Å². The molecular formula is C24H25NO. The smallest absolute Gasteiger partial charge is 0.119 e. The van der Waals surface area contributed by atoms with Crippen molar-refractivity contribution in [1.82, 2.24) is 4.57 Å². The molecule has 0 unspecified atom stereocenters. The minimum absolute atomic E-state index is 0.638. The van der Waals surface area contributed by atoms with E-state index in [1.807, 2.05) is 13.0 Å². The normalized spacial score (nSPS) is 11.6. The van der Waals surface area contributed by atoms with E-state index in [9.17, 15) is 0 Å². The van der Waals surface area contributed by atoms with Gasteiger partial charge >= 0.3 is 0 Å². The standard InChI is InChI=1S/C24H25NO/c1-16(2)14-22(18(4)26-6)19-10-9-11-20(15-19)24-17(3)21-12-7-8-13-23(21)25(24)5/h7-15H,1,4H2,2-3,5-6H3/b22-14+. The third-order valence-electron chi connectivity index (χ3n) is 4.74. The molecule has 26 heavy (non-hydrogen) atoms. The molecule has 0 atom stereocenters. The lowest BCUT2D eigenvalue weighted by Gasteiger charge is -2.13. The Morgan fingerprint density at radius 3 is 2.46 bits per heavy atom. The molecule has 3 aromatic rings. The first-order valence-corrected chi connectivity index (χ1v) is 8.69. The number of benzene rings is 2. The lowest BCUT2D eigenvalue weighted by molar-refractivity contribution is 0.313. The maximum atomic E-state index is 5.40. The van der Waals surface area contributed by atoms with Gasteiger partial charge in [0.1, 0.15) is 5.76 Å². The maximum Gasteiger partial charge on any atom is 0.119 e. The number of fused-ring (bicyclic) bond motifs is 1. The second-order valence-electron chi connectivity index (χ2n) is 6.66. The number of nitrogens with zero attached hydrogens (tertiary/aromatic N) is 1. The topological polar surface area (TPSA) is 14.2 Å². The molecule has 1 heterocycles. The second-order valence-corrected chi connectivity index (χ2v) is 6.66. The summed E-state index contributed by atoms with van der Waals surface area (Å²) in [6, 6.07) is 17.0. The number of rotatable bonds is 5. The first-order valence-electron chi connectivity index (χ1n) is 8.69. The molecule has 0 aliphatic carbocycles. The number of para-hydroxylation sites is 1. The summed E-state index contributed by atoms with van der Waals surface area (Å²) in [7, 11) is 3.77. The Labute approximate surface area is 155 Å². The van der Waals surface area contributed by atoms with Gasteiger partial charge in [0.25, 0.3) is 0 Å². The van der Waals surface area contributed by atoms with Crippen LogP contribution in [0.15, 0.2) is 79.1 Å². The van der Waals surface area contributed by atoms with Crippen LogP contribution in [-0.4, -0.2) is 11.7 Å². The predicted molar refractivity (Wildman–Crippen MR) is 112 cm³/mol. The summed E-state index contributed by atoms with van der Waals surface area (Å²) in [6.45, 7) is 12.2. The van der Waals surface area contributed by atoms with Crippen LogP contribution in [0.2, 0.25) is 0 Å². The molecule has 0 bridgehead atoms. The molecule has 132 valence electrons. The van der Waals surface area contributed by atoms with E-state index < -0.39 is 0 Å². The SMILES string of the molecule is C=C(C)/C=C(\C(=C)OC)c1cccc(-c2c(C)c3ccccc3n2C)c1. The fraction of sp³-hybridized carbons (Fsp3) is 0.167. The molecule has 0 saturated heterocycles. The molecule has 2 aromatic carbocycles. The summed E-state index contributed by atoms with van der Waals surface area (Å²) in [4.78, 5) is 0. The second kappa shape index (κ2) is 7.09. The molecule has 0 aliphatic rings. The van der Waals surface area contributed by atoms with Gasteiger partial charge in [-0.15, -0.1) is 0 Å². The number of aromatic nitrogens is 1. The van der Waals surface area contributed by atoms with Crippen molar-refractivity contribution in [3.63, 3.8) is 0 Å². The fourth-order valence-corrected chi connectivity index (χ4v) is 3.51. The van der Waals surface area contributed by atoms with Crippen molar-refractivity contribution in [2.75, 3.05) is 7.11 Å². The Kier molecular flexibility index (Phi) is 4.85. The van der Waals surface area contributed by atoms with Gasteiger partial charge in [0.15, 0.2) is 0 Å². The highest BCUT2D eigenvalue weighted by atomic mass is 16.5. The highest BCUT2D eigenvalue weighted by molar-refractivity contribution is 5.92. The van der Waals surface area contributed by atoms with Crippen LogP contribution in [-0.2, 0) is 11.8 Å². The monoisotopic (exact) mass is 343 g/mol. The zero-order valence-corrected chi connectivity index (χ0v) is 16.0. The van der Waals surface area contributed by atoms with E-state index in [1.165, 1.54) is 27.7 Å². The van der Waals surface area contributed by atoms with Gasteiger partial charge in [-0.05, 0) is 48.7 Å². The van der Waals surface area contributed by atoms with Gasteiger partial charge in [-0.25, -0.2) is 0 Å². The summed E-state index contributed by atoms with van der Waals surface area (Å²) >= 11 is 0. The van der Waals surface area contributed by atoms with Crippen LogP contribution >= 0.6 is 0 Å². The van der Waals surface area contributed by atoms with Gasteiger partial charge in [-0.1, -0.05) is 55.1 Å². The van der Waals surface area contributed by atoms with Gasteiger partial charge in [-0.3, -0.25) is 0 Å². The Morgan fingerprint density at radius 1 is 1.08 bits per heavy atom. The highest BCUT2D eigenvalue weighted by Crippen LogP contribution is 2.34. The van der Waals surface area contributed by atoms with E-state index in [0.29, 0.717) is 5.76 Å². The largest absolute Gasteiger partial charge is 0.497 e. The van der Waals surface area contributed by atoms with Crippen LogP contribution < -0.4 is 0 Å². The van der Waals surface area contributed by atoms with Crippen molar-refractivity contribution < 1.29 is 4.74 Å². The summed E-state index contributed by atoms with van der Waals surface area (Å²) in [5.74, 6) is 0.638. The molecule has 0 amide bonds. The maximum absolute atomic E-state index is 5.40. The molecule has 3 rings (SSSR count). The number of methoxy groups -OCH3 is 1. The Bertz CT molecular complexity index is 995. The van der Waals surface area contributed by atoms with Crippen molar-refractivity contribution in [3.8, 4) is 11.3 Å². The summed E-state index contributed by atoms with van der Waals surface area (Å²) in [5.41, 5.74) is 7.92. The van der Waals surface area contributed by atoms with Crippen LogP contribution in [0.5, 0.6) is 0 Å². The van der Waals surface area contributed by atoms with Gasteiger partial charge in [0, 0.05) is 23.5 Å². The van der Waals surface area contributed by atoms with Gasteiger partial charge in [-0.2, -0.15) is 0 Å². The van der Waals surface area contributed by atoms with Crippen LogP contribution in [0.3, 0.4) is 0 Å². The Balaban J connectivity index is 2.20. The lowest BCUT2D eigenvalue weighted by atomic mass is 9.98. The molecule has 0 radical (unpaired) electrons. The molecule has 0 fully saturated rings. The third kappa shape index (κ3) is 3.11. The first-order chi connectivity index (χ1) is 12.4. The predicted octanol–water partition coefficient (Wildman–Crippen LogP) is 6.27. The van der Waals surface area contributed by atoms with Crippen LogP contribution in [0.25, 0.3) is 27.7 Å². The van der Waals surface area contributed by atoms with Gasteiger partial charge in [0.2, 0.25) is 0 Å². The number of hydrogen-bond donors (Lipinski definition) is 0. The van der Waals surface area contributed by atoms with Crippen molar-refractivity contribution in [3.05, 3.63) is 90.2 Å². The molecule has 0 saturated carbocycles. The van der Waals surface area contributed by atoms with E-state index in [1.54, 1.807) is 7.11 Å². The van der Waals surface area contributed by atoms with Crippen LogP contribution in [0, 0.1) is 6.92 Å². The van der Waals surface area contributed by atoms with E-state index in [4.69, 9.17) is 4.74 Å². The van der Waals surface area contributed by atoms with Crippen LogP contribution in [0.1, 0.15) is 18.1 Å². The molecule has 1 aromatic heterocycles. The lowest BCUT2D eigenvalue weighted by Crippen LogP contribution is -1.96. The minimum Gasteiger partial charge on any atom is -0.497 e. The highest BCUT2D eigenvalue weighted by Gasteiger charge is 2.15. The fourth-order valence-electron chi connectivity index (χ4n) is 3.51. The molecule has 2 heteroatoms. The van der Waals surface area contributed by atoms with Crippen molar-refractivity contribution >= 4 is 16.5 Å². The molecular weight excluding hydrogens is 318 g/mol. The Morgan fingerprint density at radius 2 is 1.81 bits per heavy atom. The minimum atomic E-state index is 0.638. The average molecular weight is 343 g/mol. The van der Waals surface area contributed by atoms with Crippen molar-refractivity contribution in [2.45, 2.75) is 13.8 Å². The van der Waals surface area contributed by atoms with E-state index in [0.717, 1.165) is 16.7 Å². The van der Waals surface area contributed by atoms with Gasteiger partial charge in [0.05, 0.1) is 12.8 Å². The van der Waals surface area contributed by atoms with Gasteiger partial charge < -0.3 is 9.30 Å². The number of allylic oxidation sites excluding steroid dienone is 3. The zero-order valence-electron chi connectivity index (χ0n) is 16.0. The quantitative estimate of drug-likeness (QED) is 0.393. The first kappa shape index (κ1) is 17.8.